The topological polar surface area (TPSA) is 71.2 Å². The molecule has 182 valence electrons. The van der Waals surface area contributed by atoms with E-state index in [1.165, 1.54) is 24.0 Å². The number of rotatable bonds is 10. The maximum atomic E-state index is 12.0. The predicted octanol–water partition coefficient (Wildman–Crippen LogP) is 5.12. The lowest BCUT2D eigenvalue weighted by Crippen LogP contribution is -2.36. The van der Waals surface area contributed by atoms with Crippen LogP contribution in [-0.2, 0) is 4.79 Å². The number of unbranched alkanes of at least 4 members (excludes halogenated alkanes) is 1. The van der Waals surface area contributed by atoms with Gasteiger partial charge in [0.1, 0.15) is 0 Å². The maximum Gasteiger partial charge on any atom is 0.243 e. The Morgan fingerprint density at radius 3 is 2.46 bits per heavy atom. The Bertz CT molecular complexity index is 1060. The number of hydrogen-bond donors (Lipinski definition) is 2. The predicted molar refractivity (Wildman–Crippen MR) is 144 cm³/mol. The van der Waals surface area contributed by atoms with Crippen LogP contribution in [0.2, 0.25) is 0 Å². The number of anilines is 1. The van der Waals surface area contributed by atoms with Gasteiger partial charge in [-0.15, -0.1) is 0 Å². The Morgan fingerprint density at radius 1 is 1.00 bits per heavy atom. The van der Waals surface area contributed by atoms with Crippen molar-refractivity contribution >= 4 is 17.7 Å². The minimum Gasteiger partial charge on any atom is -0.399 e. The molecule has 0 aliphatic carbocycles. The molecule has 1 amide bonds. The molecule has 2 aromatic carbocycles. The minimum atomic E-state index is -0.0516. The number of carbonyl (C=O) groups is 1. The zero-order valence-corrected chi connectivity index (χ0v) is 20.4. The highest BCUT2D eigenvalue weighted by Gasteiger charge is 2.28. The highest BCUT2D eigenvalue weighted by molar-refractivity contribution is 5.91. The molecule has 1 unspecified atom stereocenters. The van der Waals surface area contributed by atoms with Gasteiger partial charge in [0.15, 0.2) is 0 Å². The third-order valence-electron chi connectivity index (χ3n) is 6.87. The molecule has 3 N–H and O–H groups in total. The molecule has 4 rings (SSSR count). The molecule has 1 aliphatic heterocycles. The van der Waals surface area contributed by atoms with Crippen molar-refractivity contribution in [2.24, 2.45) is 5.92 Å². The van der Waals surface area contributed by atoms with Crippen LogP contribution in [0.5, 0.6) is 0 Å². The molecule has 1 fully saturated rings. The van der Waals surface area contributed by atoms with Crippen LogP contribution in [0.15, 0.2) is 85.2 Å². The third kappa shape index (κ3) is 7.52. The normalized spacial score (nSPS) is 15.8. The van der Waals surface area contributed by atoms with E-state index in [4.69, 9.17) is 5.73 Å². The molecular formula is C30H36N4O. The Kier molecular flexibility index (Phi) is 9.07. The summed E-state index contributed by atoms with van der Waals surface area (Å²) in [6, 6.07) is 23.1. The van der Waals surface area contributed by atoms with Crippen LogP contribution in [0, 0.1) is 5.92 Å². The number of carbonyl (C=O) groups excluding carboxylic acids is 1. The molecule has 5 heteroatoms. The van der Waals surface area contributed by atoms with E-state index in [0.29, 0.717) is 18.4 Å². The van der Waals surface area contributed by atoms with Crippen LogP contribution in [0.25, 0.3) is 6.08 Å². The molecule has 0 saturated carbocycles. The third-order valence-corrected chi connectivity index (χ3v) is 6.87. The number of amides is 1. The maximum absolute atomic E-state index is 12.0. The summed E-state index contributed by atoms with van der Waals surface area (Å²) in [5.74, 6) is 0.987. The number of benzene rings is 2. The number of nitrogens with two attached hydrogens (primary N) is 1. The summed E-state index contributed by atoms with van der Waals surface area (Å²) >= 11 is 0. The van der Waals surface area contributed by atoms with Crippen molar-refractivity contribution in [1.29, 1.82) is 0 Å². The summed E-state index contributed by atoms with van der Waals surface area (Å²) in [7, 11) is 0. The molecule has 1 saturated heterocycles. The minimum absolute atomic E-state index is 0.0516. The monoisotopic (exact) mass is 468 g/mol. The summed E-state index contributed by atoms with van der Waals surface area (Å²) < 4.78 is 0. The molecule has 0 bridgehead atoms. The zero-order chi connectivity index (χ0) is 24.3. The van der Waals surface area contributed by atoms with Crippen molar-refractivity contribution in [3.8, 4) is 0 Å². The fourth-order valence-electron chi connectivity index (χ4n) is 4.99. The van der Waals surface area contributed by atoms with E-state index in [-0.39, 0.29) is 5.91 Å². The number of nitrogen functional groups attached to an aromatic ring is 1. The fraction of sp³-hybridized carbons (Fsp3) is 0.333. The number of aromatic nitrogens is 1. The molecule has 2 heterocycles. The molecule has 0 spiro atoms. The van der Waals surface area contributed by atoms with Crippen LogP contribution in [0.1, 0.15) is 48.3 Å². The van der Waals surface area contributed by atoms with Crippen molar-refractivity contribution in [1.82, 2.24) is 15.2 Å². The largest absolute Gasteiger partial charge is 0.399 e. The molecule has 1 aromatic heterocycles. The second-order valence-electron chi connectivity index (χ2n) is 9.35. The Hall–Kier alpha value is -3.44. The number of likely N-dealkylation sites (tertiary alicyclic amines) is 1. The highest BCUT2D eigenvalue weighted by Crippen LogP contribution is 2.38. The van der Waals surface area contributed by atoms with E-state index in [1.807, 2.05) is 24.3 Å². The summed E-state index contributed by atoms with van der Waals surface area (Å²) in [6.45, 7) is 4.05. The molecule has 3 aromatic rings. The SMILES string of the molecule is Nc1ccc(C(c2ccccc2)C2CCN(CCCCNC(=O)C=Cc3cccnc3)CC2)cc1. The molecular weight excluding hydrogens is 432 g/mol. The van der Waals surface area contributed by atoms with Gasteiger partial charge in [-0.3, -0.25) is 9.78 Å². The summed E-state index contributed by atoms with van der Waals surface area (Å²) in [5, 5.41) is 2.98. The van der Waals surface area contributed by atoms with Crippen molar-refractivity contribution < 1.29 is 4.79 Å². The first-order chi connectivity index (χ1) is 17.2. The van der Waals surface area contributed by atoms with E-state index in [9.17, 15) is 4.79 Å². The van der Waals surface area contributed by atoms with Crippen molar-refractivity contribution in [2.45, 2.75) is 31.6 Å². The van der Waals surface area contributed by atoms with Crippen molar-refractivity contribution in [3.05, 3.63) is 102 Å². The van der Waals surface area contributed by atoms with Crippen LogP contribution in [0.3, 0.4) is 0 Å². The molecule has 1 atom stereocenters. The van der Waals surface area contributed by atoms with Crippen molar-refractivity contribution in [3.63, 3.8) is 0 Å². The standard InChI is InChI=1S/C30H36N4O/c31-28-13-11-26(12-14-28)30(25-8-2-1-3-9-25)27-16-21-34(22-17-27)20-5-4-19-33-29(35)15-10-24-7-6-18-32-23-24/h1-3,6-15,18,23,27,30H,4-5,16-17,19-22,31H2,(H,33,35). The van der Waals surface area contributed by atoms with E-state index >= 15 is 0 Å². The summed E-state index contributed by atoms with van der Waals surface area (Å²) in [5.41, 5.74) is 10.4. The number of hydrogen-bond acceptors (Lipinski definition) is 4. The first-order valence-corrected chi connectivity index (χ1v) is 12.7. The lowest BCUT2D eigenvalue weighted by Gasteiger charge is -2.36. The van der Waals surface area contributed by atoms with Crippen LogP contribution in [0.4, 0.5) is 5.69 Å². The number of nitrogens with zero attached hydrogens (tertiary/aromatic N) is 2. The Balaban J connectivity index is 1.20. The quantitative estimate of drug-likeness (QED) is 0.246. The van der Waals surface area contributed by atoms with Gasteiger partial charge in [-0.25, -0.2) is 0 Å². The van der Waals surface area contributed by atoms with Crippen LogP contribution in [-0.4, -0.2) is 42.0 Å². The van der Waals surface area contributed by atoms with Crippen LogP contribution < -0.4 is 11.1 Å². The second-order valence-corrected chi connectivity index (χ2v) is 9.35. The molecule has 35 heavy (non-hydrogen) atoms. The lowest BCUT2D eigenvalue weighted by atomic mass is 9.76. The van der Waals surface area contributed by atoms with Gasteiger partial charge in [-0.05, 0) is 92.2 Å². The van der Waals surface area contributed by atoms with Crippen molar-refractivity contribution in [2.75, 3.05) is 31.9 Å². The number of piperidine rings is 1. The average Bonchev–Trinajstić information content (AvgIpc) is 2.90. The fourth-order valence-corrected chi connectivity index (χ4v) is 4.99. The molecule has 5 nitrogen and oxygen atoms in total. The van der Waals surface area contributed by atoms with Gasteiger partial charge in [-0.1, -0.05) is 48.5 Å². The van der Waals surface area contributed by atoms with Gasteiger partial charge in [0.2, 0.25) is 5.91 Å². The van der Waals surface area contributed by atoms with Gasteiger partial charge in [0.05, 0.1) is 0 Å². The highest BCUT2D eigenvalue weighted by atomic mass is 16.1. The Labute approximate surface area is 209 Å². The first-order valence-electron chi connectivity index (χ1n) is 12.7. The molecule has 0 radical (unpaired) electrons. The first kappa shape index (κ1) is 24.7. The molecule has 1 aliphatic rings. The Morgan fingerprint density at radius 2 is 1.74 bits per heavy atom. The van der Waals surface area contributed by atoms with Gasteiger partial charge >= 0.3 is 0 Å². The van der Waals surface area contributed by atoms with Gasteiger partial charge < -0.3 is 16.0 Å². The second kappa shape index (κ2) is 12.9. The van der Waals surface area contributed by atoms with E-state index in [0.717, 1.165) is 43.7 Å². The summed E-state index contributed by atoms with van der Waals surface area (Å²) in [6.07, 6.45) is 11.3. The smallest absolute Gasteiger partial charge is 0.243 e. The van der Waals surface area contributed by atoms with Gasteiger partial charge in [0, 0.05) is 36.6 Å². The van der Waals surface area contributed by atoms with Gasteiger partial charge in [0.25, 0.3) is 0 Å². The lowest BCUT2D eigenvalue weighted by molar-refractivity contribution is -0.116. The summed E-state index contributed by atoms with van der Waals surface area (Å²) in [4.78, 5) is 18.6. The van der Waals surface area contributed by atoms with Crippen LogP contribution >= 0.6 is 0 Å². The average molecular weight is 469 g/mol. The number of nitrogens with one attached hydrogen (secondary N) is 1. The number of pyridine rings is 1. The zero-order valence-electron chi connectivity index (χ0n) is 20.4. The van der Waals surface area contributed by atoms with E-state index < -0.39 is 0 Å². The van der Waals surface area contributed by atoms with E-state index in [1.54, 1.807) is 24.5 Å². The van der Waals surface area contributed by atoms with Gasteiger partial charge in [-0.2, -0.15) is 0 Å². The van der Waals surface area contributed by atoms with E-state index in [2.05, 4.69) is 57.7 Å².